The monoisotopic (exact) mass is 396 g/mol. The molecule has 0 saturated heterocycles. The number of carbonyl (C=O) groups excluding carboxylic acids is 2. The molecule has 2 amide bonds. The Kier molecular flexibility index (Phi) is 4.74. The van der Waals surface area contributed by atoms with Gasteiger partial charge in [-0.05, 0) is 43.2 Å². The minimum Gasteiger partial charge on any atom is -0.457 e. The van der Waals surface area contributed by atoms with E-state index in [9.17, 15) is 18.4 Å². The number of rotatable bonds is 3. The van der Waals surface area contributed by atoms with E-state index in [1.807, 2.05) is 50.2 Å². The number of carbonyl (C=O) groups is 2. The number of alkyl halides is 2. The van der Waals surface area contributed by atoms with Crippen LogP contribution in [0.2, 0.25) is 0 Å². The van der Waals surface area contributed by atoms with Crippen LogP contribution in [0.1, 0.15) is 28.3 Å². The third-order valence-electron chi connectivity index (χ3n) is 4.94. The molecule has 2 aromatic rings. The van der Waals surface area contributed by atoms with Crippen LogP contribution in [0.5, 0.6) is 11.5 Å². The molecule has 148 valence electrons. The molecule has 4 rings (SSSR count). The van der Waals surface area contributed by atoms with Gasteiger partial charge in [-0.1, -0.05) is 30.3 Å². The van der Waals surface area contributed by atoms with Crippen LogP contribution < -0.4 is 10.1 Å². The number of aryl methyl sites for hydroxylation is 2. The standard InChI is InChI=1S/C22H18F2N2O3/c1-11-3-5-13-17(9-11)29-18-10-12(2)4-6-14(18)19(13)26-22(28)15-7-8-16(20(23)24)25-21(15)27/h3-10,15,19-20H,1-2H3,(H,26,28). The summed E-state index contributed by atoms with van der Waals surface area (Å²) in [7, 11) is 0. The van der Waals surface area contributed by atoms with Gasteiger partial charge < -0.3 is 10.1 Å². The fourth-order valence-corrected chi connectivity index (χ4v) is 3.44. The highest BCUT2D eigenvalue weighted by atomic mass is 19.3. The van der Waals surface area contributed by atoms with Gasteiger partial charge in [-0.25, -0.2) is 13.8 Å². The van der Waals surface area contributed by atoms with E-state index >= 15 is 0 Å². The average molecular weight is 396 g/mol. The zero-order valence-electron chi connectivity index (χ0n) is 15.8. The molecule has 0 aliphatic carbocycles. The van der Waals surface area contributed by atoms with E-state index in [0.29, 0.717) is 11.5 Å². The summed E-state index contributed by atoms with van der Waals surface area (Å²) in [5.74, 6) is -1.51. The Bertz CT molecular complexity index is 1020. The van der Waals surface area contributed by atoms with E-state index in [1.54, 1.807) is 0 Å². The first-order valence-corrected chi connectivity index (χ1v) is 9.11. The number of hydrogen-bond acceptors (Lipinski definition) is 3. The van der Waals surface area contributed by atoms with Crippen molar-refractivity contribution in [2.75, 3.05) is 0 Å². The summed E-state index contributed by atoms with van der Waals surface area (Å²) in [5, 5.41) is 2.87. The second-order valence-electron chi connectivity index (χ2n) is 7.14. The molecule has 1 N–H and O–H groups in total. The molecule has 0 fully saturated rings. The van der Waals surface area contributed by atoms with Crippen LogP contribution in [0.25, 0.3) is 0 Å². The molecule has 29 heavy (non-hydrogen) atoms. The van der Waals surface area contributed by atoms with E-state index in [-0.39, 0.29) is 0 Å². The van der Waals surface area contributed by atoms with Crippen molar-refractivity contribution >= 4 is 17.5 Å². The number of hydrogen-bond donors (Lipinski definition) is 1. The van der Waals surface area contributed by atoms with Gasteiger partial charge in [-0.2, -0.15) is 0 Å². The van der Waals surface area contributed by atoms with E-state index in [1.165, 1.54) is 0 Å². The summed E-state index contributed by atoms with van der Waals surface area (Å²) in [6.45, 7) is 3.88. The molecule has 2 aliphatic heterocycles. The molecule has 2 aromatic carbocycles. The van der Waals surface area contributed by atoms with Gasteiger partial charge in [0.2, 0.25) is 5.91 Å². The van der Waals surface area contributed by atoms with Crippen LogP contribution in [-0.2, 0) is 9.59 Å². The number of halogens is 2. The number of aliphatic imine (C=N–C) groups is 1. The van der Waals surface area contributed by atoms with Gasteiger partial charge in [0.25, 0.3) is 12.3 Å². The predicted molar refractivity (Wildman–Crippen MR) is 103 cm³/mol. The maximum Gasteiger partial charge on any atom is 0.280 e. The largest absolute Gasteiger partial charge is 0.457 e. The summed E-state index contributed by atoms with van der Waals surface area (Å²) >= 11 is 0. The van der Waals surface area contributed by atoms with Gasteiger partial charge in [0.15, 0.2) is 0 Å². The molecule has 1 atom stereocenters. The first kappa shape index (κ1) is 19.0. The fourth-order valence-electron chi connectivity index (χ4n) is 3.44. The molecule has 5 nitrogen and oxygen atoms in total. The number of amides is 2. The molecule has 7 heteroatoms. The minimum absolute atomic E-state index is 0.538. The number of fused-ring (bicyclic) bond motifs is 2. The zero-order valence-corrected chi connectivity index (χ0v) is 15.8. The number of allylic oxidation sites excluding steroid dienone is 1. The van der Waals surface area contributed by atoms with Crippen molar-refractivity contribution in [2.45, 2.75) is 26.3 Å². The molecule has 0 bridgehead atoms. The predicted octanol–water partition coefficient (Wildman–Crippen LogP) is 4.03. The van der Waals surface area contributed by atoms with Crippen molar-refractivity contribution in [3.05, 3.63) is 70.8 Å². The first-order chi connectivity index (χ1) is 13.8. The fraction of sp³-hybridized carbons (Fsp3) is 0.227. The maximum absolute atomic E-state index is 12.8. The van der Waals surface area contributed by atoms with Gasteiger partial charge in [0.1, 0.15) is 23.1 Å². The van der Waals surface area contributed by atoms with Crippen molar-refractivity contribution in [2.24, 2.45) is 10.9 Å². The molecule has 0 radical (unpaired) electrons. The lowest BCUT2D eigenvalue weighted by molar-refractivity contribution is -0.131. The Hall–Kier alpha value is -3.35. The molecular weight excluding hydrogens is 378 g/mol. The van der Waals surface area contributed by atoms with Crippen LogP contribution >= 0.6 is 0 Å². The van der Waals surface area contributed by atoms with Gasteiger partial charge in [0.05, 0.1) is 6.04 Å². The second kappa shape index (κ2) is 7.24. The van der Waals surface area contributed by atoms with Gasteiger partial charge in [0, 0.05) is 11.1 Å². The number of ether oxygens (including phenoxy) is 1. The van der Waals surface area contributed by atoms with Crippen molar-refractivity contribution in [3.63, 3.8) is 0 Å². The molecule has 0 spiro atoms. The van der Waals surface area contributed by atoms with Crippen molar-refractivity contribution < 1.29 is 23.1 Å². The van der Waals surface area contributed by atoms with Crippen LogP contribution in [0.15, 0.2) is 53.5 Å². The third kappa shape index (κ3) is 3.55. The summed E-state index contributed by atoms with van der Waals surface area (Å²) in [6.07, 6.45) is -0.674. The van der Waals surface area contributed by atoms with E-state index in [0.717, 1.165) is 34.4 Å². The van der Waals surface area contributed by atoms with Crippen molar-refractivity contribution in [3.8, 4) is 11.5 Å². The second-order valence-corrected chi connectivity index (χ2v) is 7.14. The zero-order chi connectivity index (χ0) is 20.7. The summed E-state index contributed by atoms with van der Waals surface area (Å²) in [5.41, 5.74) is 2.88. The molecule has 2 aliphatic rings. The lowest BCUT2D eigenvalue weighted by Gasteiger charge is -2.30. The Labute approximate surface area is 166 Å². The number of nitrogens with one attached hydrogen (secondary N) is 1. The Morgan fingerprint density at radius 1 is 1.07 bits per heavy atom. The molecule has 0 aromatic heterocycles. The smallest absolute Gasteiger partial charge is 0.280 e. The highest BCUT2D eigenvalue weighted by Gasteiger charge is 2.34. The summed E-state index contributed by atoms with van der Waals surface area (Å²) < 4.78 is 31.5. The first-order valence-electron chi connectivity index (χ1n) is 9.11. The molecular formula is C22H18F2N2O3. The molecule has 1 unspecified atom stereocenters. The molecule has 0 saturated carbocycles. The van der Waals surface area contributed by atoms with E-state index in [2.05, 4.69) is 10.3 Å². The molecule has 2 heterocycles. The minimum atomic E-state index is -2.86. The maximum atomic E-state index is 12.8. The number of dihydropyridines is 1. The van der Waals surface area contributed by atoms with Gasteiger partial charge >= 0.3 is 0 Å². The van der Waals surface area contributed by atoms with Crippen molar-refractivity contribution in [1.82, 2.24) is 5.32 Å². The highest BCUT2D eigenvalue weighted by molar-refractivity contribution is 6.14. The number of nitrogens with zero attached hydrogens (tertiary/aromatic N) is 1. The average Bonchev–Trinajstić information content (AvgIpc) is 2.66. The lowest BCUT2D eigenvalue weighted by atomic mass is 9.92. The van der Waals surface area contributed by atoms with Gasteiger partial charge in [-0.15, -0.1) is 0 Å². The summed E-state index contributed by atoms with van der Waals surface area (Å²) in [6, 6.07) is 10.8. The van der Waals surface area contributed by atoms with Crippen LogP contribution in [-0.4, -0.2) is 24.0 Å². The quantitative estimate of drug-likeness (QED) is 0.797. The summed E-state index contributed by atoms with van der Waals surface area (Å²) in [4.78, 5) is 28.3. The van der Waals surface area contributed by atoms with Crippen LogP contribution in [0, 0.1) is 19.8 Å². The van der Waals surface area contributed by atoms with E-state index < -0.39 is 35.9 Å². The van der Waals surface area contributed by atoms with Crippen LogP contribution in [0.3, 0.4) is 0 Å². The van der Waals surface area contributed by atoms with E-state index in [4.69, 9.17) is 4.74 Å². The van der Waals surface area contributed by atoms with Crippen molar-refractivity contribution in [1.29, 1.82) is 0 Å². The lowest BCUT2D eigenvalue weighted by Crippen LogP contribution is -2.39. The Balaban J connectivity index is 1.66. The Morgan fingerprint density at radius 2 is 1.66 bits per heavy atom. The number of benzene rings is 2. The highest BCUT2D eigenvalue weighted by Crippen LogP contribution is 2.43. The van der Waals surface area contributed by atoms with Gasteiger partial charge in [-0.3, -0.25) is 9.59 Å². The van der Waals surface area contributed by atoms with Crippen LogP contribution in [0.4, 0.5) is 8.78 Å². The third-order valence-corrected chi connectivity index (χ3v) is 4.94. The Morgan fingerprint density at radius 3 is 2.17 bits per heavy atom. The SMILES string of the molecule is Cc1ccc2c(c1)Oc1cc(C)ccc1C2NC(=O)C1C=CC(C(F)F)=NC1=O. The normalized spacial score (nSPS) is 18.0. The topological polar surface area (TPSA) is 67.8 Å².